The lowest BCUT2D eigenvalue weighted by Crippen LogP contribution is -2.42. The number of urea groups is 1. The Labute approximate surface area is 195 Å². The number of aromatic nitrogens is 1. The molecule has 0 aliphatic carbocycles. The summed E-state index contributed by atoms with van der Waals surface area (Å²) in [5, 5.41) is 7.43. The van der Waals surface area contributed by atoms with Gasteiger partial charge in [-0.2, -0.15) is 0 Å². The zero-order valence-corrected chi connectivity index (χ0v) is 19.3. The number of hydrogen-bond donors (Lipinski definition) is 2. The zero-order chi connectivity index (χ0) is 23.4. The first-order chi connectivity index (χ1) is 15.9. The third-order valence-corrected chi connectivity index (χ3v) is 6.86. The van der Waals surface area contributed by atoms with Crippen molar-refractivity contribution in [2.75, 3.05) is 38.7 Å². The molecule has 3 aromatic rings. The molecular weight excluding hydrogens is 446 g/mol. The number of thiazole rings is 1. The number of nitrogens with one attached hydrogen (secondary N) is 2. The van der Waals surface area contributed by atoms with Crippen molar-refractivity contribution in [3.05, 3.63) is 71.4 Å². The number of rotatable bonds is 7. The van der Waals surface area contributed by atoms with E-state index in [0.717, 1.165) is 22.3 Å². The van der Waals surface area contributed by atoms with E-state index in [1.165, 1.54) is 17.4 Å². The SMILES string of the molecule is COCCN1C[C@@H](NC(=O)Nc2sc(-c3ccccc3)nc2C)[C@H](c2ccc(F)c(F)c2)C1. The van der Waals surface area contributed by atoms with Gasteiger partial charge in [0.2, 0.25) is 0 Å². The van der Waals surface area contributed by atoms with Gasteiger partial charge in [0.05, 0.1) is 18.3 Å². The molecule has 0 radical (unpaired) electrons. The van der Waals surface area contributed by atoms with Crippen LogP contribution < -0.4 is 10.6 Å². The number of anilines is 1. The third-order valence-electron chi connectivity index (χ3n) is 5.74. The lowest BCUT2D eigenvalue weighted by molar-refractivity contribution is 0.159. The van der Waals surface area contributed by atoms with E-state index >= 15 is 0 Å². The van der Waals surface area contributed by atoms with Crippen LogP contribution in [0.1, 0.15) is 17.2 Å². The van der Waals surface area contributed by atoms with Gasteiger partial charge < -0.3 is 10.1 Å². The molecule has 1 aliphatic heterocycles. The average Bonchev–Trinajstić information content (AvgIpc) is 3.38. The smallest absolute Gasteiger partial charge is 0.320 e. The minimum atomic E-state index is -0.889. The number of benzene rings is 2. The van der Waals surface area contributed by atoms with Gasteiger partial charge in [-0.15, -0.1) is 0 Å². The number of likely N-dealkylation sites (tertiary alicyclic amines) is 1. The molecule has 4 rings (SSSR count). The summed E-state index contributed by atoms with van der Waals surface area (Å²) < 4.78 is 32.5. The summed E-state index contributed by atoms with van der Waals surface area (Å²) in [6.45, 7) is 4.27. The molecule has 0 spiro atoms. The molecule has 0 unspecified atom stereocenters. The fourth-order valence-corrected chi connectivity index (χ4v) is 5.01. The van der Waals surface area contributed by atoms with Crippen molar-refractivity contribution in [2.24, 2.45) is 0 Å². The van der Waals surface area contributed by atoms with E-state index in [0.29, 0.717) is 36.8 Å². The predicted octanol–water partition coefficient (Wildman–Crippen LogP) is 4.63. The molecule has 2 heterocycles. The molecule has 0 saturated carbocycles. The Hall–Kier alpha value is -2.88. The second-order valence-corrected chi connectivity index (χ2v) is 9.04. The number of carbonyl (C=O) groups excluding carboxylic acids is 1. The maximum Gasteiger partial charge on any atom is 0.320 e. The van der Waals surface area contributed by atoms with Crippen molar-refractivity contribution >= 4 is 22.4 Å². The van der Waals surface area contributed by atoms with Crippen LogP contribution in [0.5, 0.6) is 0 Å². The molecule has 1 aliphatic rings. The predicted molar refractivity (Wildman–Crippen MR) is 126 cm³/mol. The van der Waals surface area contributed by atoms with Gasteiger partial charge in [-0.05, 0) is 24.6 Å². The number of carbonyl (C=O) groups is 1. The van der Waals surface area contributed by atoms with Crippen LogP contribution in [0.3, 0.4) is 0 Å². The van der Waals surface area contributed by atoms with Crippen molar-refractivity contribution in [1.29, 1.82) is 0 Å². The van der Waals surface area contributed by atoms with E-state index in [1.54, 1.807) is 13.2 Å². The van der Waals surface area contributed by atoms with Gasteiger partial charge in [0.1, 0.15) is 10.0 Å². The second kappa shape index (κ2) is 10.4. The lowest BCUT2D eigenvalue weighted by atomic mass is 9.94. The number of amides is 2. The van der Waals surface area contributed by atoms with E-state index in [2.05, 4.69) is 20.5 Å². The van der Waals surface area contributed by atoms with Crippen LogP contribution >= 0.6 is 11.3 Å². The molecule has 2 aromatic carbocycles. The molecule has 1 saturated heterocycles. The largest absolute Gasteiger partial charge is 0.383 e. The van der Waals surface area contributed by atoms with Gasteiger partial charge in [-0.1, -0.05) is 47.7 Å². The standard InChI is InChI=1S/C24H26F2N4O2S/c1-15-22(33-23(27-15)16-6-4-3-5-7-16)29-24(31)28-21-14-30(10-11-32-2)13-18(21)17-8-9-19(25)20(26)12-17/h3-9,12,18,21H,10-11,13-14H2,1-2H3,(H2,28,29,31)/t18-,21+/m0/s1. The van der Waals surface area contributed by atoms with Crippen LogP contribution in [0, 0.1) is 18.6 Å². The van der Waals surface area contributed by atoms with Gasteiger partial charge >= 0.3 is 6.03 Å². The molecule has 33 heavy (non-hydrogen) atoms. The summed E-state index contributed by atoms with van der Waals surface area (Å²) in [6, 6.07) is 13.1. The molecule has 2 N–H and O–H groups in total. The van der Waals surface area contributed by atoms with Crippen molar-refractivity contribution in [2.45, 2.75) is 18.9 Å². The Kier molecular flexibility index (Phi) is 7.32. The number of hydrogen-bond acceptors (Lipinski definition) is 5. The molecule has 6 nitrogen and oxygen atoms in total. The topological polar surface area (TPSA) is 66.5 Å². The molecule has 1 fully saturated rings. The van der Waals surface area contributed by atoms with Crippen LogP contribution in [0.15, 0.2) is 48.5 Å². The summed E-state index contributed by atoms with van der Waals surface area (Å²) in [6.07, 6.45) is 0. The first-order valence-electron chi connectivity index (χ1n) is 10.7. The summed E-state index contributed by atoms with van der Waals surface area (Å²) in [4.78, 5) is 19.6. The van der Waals surface area contributed by atoms with E-state index in [9.17, 15) is 13.6 Å². The van der Waals surface area contributed by atoms with Gasteiger partial charge in [0.15, 0.2) is 11.6 Å². The van der Waals surface area contributed by atoms with Gasteiger partial charge in [0, 0.05) is 38.2 Å². The lowest BCUT2D eigenvalue weighted by Gasteiger charge is -2.20. The Balaban J connectivity index is 1.47. The Morgan fingerprint density at radius 1 is 1.18 bits per heavy atom. The molecule has 174 valence electrons. The first-order valence-corrected chi connectivity index (χ1v) is 11.5. The van der Waals surface area contributed by atoms with E-state index in [4.69, 9.17) is 4.74 Å². The first kappa shape index (κ1) is 23.3. The monoisotopic (exact) mass is 472 g/mol. The number of nitrogens with zero attached hydrogens (tertiary/aromatic N) is 2. The van der Waals surface area contributed by atoms with Crippen LogP contribution in [0.2, 0.25) is 0 Å². The highest BCUT2D eigenvalue weighted by molar-refractivity contribution is 7.19. The fraction of sp³-hybridized carbons (Fsp3) is 0.333. The molecule has 0 bridgehead atoms. The van der Waals surface area contributed by atoms with Crippen molar-refractivity contribution in [3.63, 3.8) is 0 Å². The highest BCUT2D eigenvalue weighted by Gasteiger charge is 2.35. The third kappa shape index (κ3) is 5.55. The Morgan fingerprint density at radius 3 is 2.70 bits per heavy atom. The van der Waals surface area contributed by atoms with Crippen molar-refractivity contribution in [1.82, 2.24) is 15.2 Å². The maximum absolute atomic E-state index is 13.9. The summed E-state index contributed by atoms with van der Waals surface area (Å²) >= 11 is 1.41. The molecule has 2 amide bonds. The van der Waals surface area contributed by atoms with Crippen LogP contribution in [-0.4, -0.2) is 55.3 Å². The van der Waals surface area contributed by atoms with Gasteiger partial charge in [0.25, 0.3) is 0 Å². The van der Waals surface area contributed by atoms with E-state index in [-0.39, 0.29) is 18.0 Å². The van der Waals surface area contributed by atoms with Gasteiger partial charge in [-0.25, -0.2) is 18.6 Å². The Morgan fingerprint density at radius 2 is 1.97 bits per heavy atom. The highest BCUT2D eigenvalue weighted by atomic mass is 32.1. The van der Waals surface area contributed by atoms with Crippen LogP contribution in [0.4, 0.5) is 18.6 Å². The average molecular weight is 473 g/mol. The maximum atomic E-state index is 13.9. The number of ether oxygens (including phenoxy) is 1. The minimum Gasteiger partial charge on any atom is -0.383 e. The normalized spacial score (nSPS) is 18.4. The summed E-state index contributed by atoms with van der Waals surface area (Å²) in [5.74, 6) is -1.95. The molecule has 2 atom stereocenters. The summed E-state index contributed by atoms with van der Waals surface area (Å²) in [5.41, 5.74) is 2.38. The molecule has 1 aromatic heterocycles. The zero-order valence-electron chi connectivity index (χ0n) is 18.5. The van der Waals surface area contributed by atoms with Crippen LogP contribution in [-0.2, 0) is 4.74 Å². The van der Waals surface area contributed by atoms with E-state index in [1.807, 2.05) is 37.3 Å². The number of halogens is 2. The highest BCUT2D eigenvalue weighted by Crippen LogP contribution is 2.32. The fourth-order valence-electron chi connectivity index (χ4n) is 4.04. The number of methoxy groups -OCH3 is 1. The van der Waals surface area contributed by atoms with Crippen LogP contribution in [0.25, 0.3) is 10.6 Å². The molecule has 9 heteroatoms. The van der Waals surface area contributed by atoms with Crippen molar-refractivity contribution < 1.29 is 18.3 Å². The van der Waals surface area contributed by atoms with Crippen molar-refractivity contribution in [3.8, 4) is 10.6 Å². The molecular formula is C24H26F2N4O2S. The quantitative estimate of drug-likeness (QED) is 0.526. The second-order valence-electron chi connectivity index (χ2n) is 8.04. The minimum absolute atomic E-state index is 0.176. The Bertz CT molecular complexity index is 1110. The summed E-state index contributed by atoms with van der Waals surface area (Å²) in [7, 11) is 1.63. The number of aryl methyl sites for hydroxylation is 1. The van der Waals surface area contributed by atoms with E-state index < -0.39 is 11.6 Å². The van der Waals surface area contributed by atoms with Gasteiger partial charge in [-0.3, -0.25) is 10.2 Å².